The number of carbonyl (C=O) groups excluding carboxylic acids is 2. The fraction of sp³-hybridized carbons (Fsp3) is 0.125. The molecule has 3 aromatic rings. The van der Waals surface area contributed by atoms with Crippen molar-refractivity contribution in [1.82, 2.24) is 5.01 Å². The van der Waals surface area contributed by atoms with E-state index < -0.39 is 0 Å². The largest absolute Gasteiger partial charge is 0.484 e. The summed E-state index contributed by atoms with van der Waals surface area (Å²) < 4.78 is 18.9. The molecule has 5 nitrogen and oxygen atoms in total. The Morgan fingerprint density at radius 2 is 1.87 bits per heavy atom. The van der Waals surface area contributed by atoms with Gasteiger partial charge in [0.25, 0.3) is 5.91 Å². The highest BCUT2D eigenvalue weighted by molar-refractivity contribution is 6.30. The molecule has 0 N–H and O–H groups in total. The molecule has 3 aromatic carbocycles. The molecule has 156 valence electrons. The van der Waals surface area contributed by atoms with Crippen LogP contribution in [0.2, 0.25) is 5.02 Å². The summed E-state index contributed by atoms with van der Waals surface area (Å²) in [5.74, 6) is -0.257. The molecule has 0 fully saturated rings. The minimum absolute atomic E-state index is 0.243. The van der Waals surface area contributed by atoms with Crippen LogP contribution in [0.3, 0.4) is 0 Å². The van der Waals surface area contributed by atoms with Crippen LogP contribution in [0.15, 0.2) is 77.9 Å². The highest BCUT2D eigenvalue weighted by atomic mass is 35.5. The first-order valence-electron chi connectivity index (χ1n) is 9.62. The molecule has 0 saturated heterocycles. The Bertz CT molecular complexity index is 1130. The summed E-state index contributed by atoms with van der Waals surface area (Å²) in [7, 11) is 0. The second kappa shape index (κ2) is 9.10. The maximum Gasteiger partial charge on any atom is 0.281 e. The topological polar surface area (TPSA) is 59.0 Å². The van der Waals surface area contributed by atoms with Crippen molar-refractivity contribution in [3.63, 3.8) is 0 Å². The molecular formula is C24H18ClFN2O3. The van der Waals surface area contributed by atoms with Crippen molar-refractivity contribution in [1.29, 1.82) is 0 Å². The van der Waals surface area contributed by atoms with Crippen molar-refractivity contribution in [2.24, 2.45) is 5.10 Å². The smallest absolute Gasteiger partial charge is 0.281 e. The number of nitrogens with zero attached hydrogens (tertiary/aromatic N) is 2. The lowest BCUT2D eigenvalue weighted by molar-refractivity contribution is -0.135. The lowest BCUT2D eigenvalue weighted by Gasteiger charge is -2.22. The second-order valence-electron chi connectivity index (χ2n) is 7.04. The monoisotopic (exact) mass is 436 g/mol. The number of hydrogen-bond acceptors (Lipinski definition) is 4. The lowest BCUT2D eigenvalue weighted by atomic mass is 9.98. The average Bonchev–Trinajstić information content (AvgIpc) is 3.24. The van der Waals surface area contributed by atoms with Gasteiger partial charge in [0.2, 0.25) is 0 Å². The summed E-state index contributed by atoms with van der Waals surface area (Å²) in [5.41, 5.74) is 2.76. The van der Waals surface area contributed by atoms with Crippen LogP contribution >= 0.6 is 11.6 Å². The third kappa shape index (κ3) is 4.81. The summed E-state index contributed by atoms with van der Waals surface area (Å²) in [6.07, 6.45) is 1.19. The van der Waals surface area contributed by atoms with E-state index in [0.717, 1.165) is 11.1 Å². The lowest BCUT2D eigenvalue weighted by Crippen LogP contribution is -2.31. The van der Waals surface area contributed by atoms with Gasteiger partial charge in [0.05, 0.1) is 11.8 Å². The van der Waals surface area contributed by atoms with Crippen molar-refractivity contribution >= 4 is 29.5 Å². The molecule has 0 bridgehead atoms. The molecule has 1 unspecified atom stereocenters. The fourth-order valence-corrected chi connectivity index (χ4v) is 3.52. The van der Waals surface area contributed by atoms with Gasteiger partial charge in [0.1, 0.15) is 17.9 Å². The summed E-state index contributed by atoms with van der Waals surface area (Å²) in [4.78, 5) is 23.9. The van der Waals surface area contributed by atoms with E-state index in [1.54, 1.807) is 48.5 Å². The number of rotatable bonds is 6. The highest BCUT2D eigenvalue weighted by Gasteiger charge is 2.33. The number of hydrazone groups is 1. The van der Waals surface area contributed by atoms with Crippen molar-refractivity contribution in [3.8, 4) is 5.75 Å². The fourth-order valence-electron chi connectivity index (χ4n) is 3.39. The van der Waals surface area contributed by atoms with Gasteiger partial charge >= 0.3 is 0 Å². The normalized spacial score (nSPS) is 15.5. The van der Waals surface area contributed by atoms with Crippen molar-refractivity contribution in [3.05, 3.63) is 100 Å². The molecule has 1 amide bonds. The number of hydrogen-bond donors (Lipinski definition) is 0. The van der Waals surface area contributed by atoms with Gasteiger partial charge in [-0.25, -0.2) is 9.40 Å². The minimum atomic E-state index is -0.339. The Kier molecular flexibility index (Phi) is 6.09. The zero-order chi connectivity index (χ0) is 21.8. The van der Waals surface area contributed by atoms with E-state index in [4.69, 9.17) is 16.3 Å². The van der Waals surface area contributed by atoms with Crippen molar-refractivity contribution in [2.75, 3.05) is 6.61 Å². The number of amides is 1. The molecule has 1 heterocycles. The molecular weight excluding hydrogens is 419 g/mol. The highest BCUT2D eigenvalue weighted by Crippen LogP contribution is 2.33. The Morgan fingerprint density at radius 1 is 1.13 bits per heavy atom. The third-order valence-electron chi connectivity index (χ3n) is 4.95. The summed E-state index contributed by atoms with van der Waals surface area (Å²) in [5, 5.41) is 6.51. The maximum atomic E-state index is 13.3. The maximum absolute atomic E-state index is 13.3. The molecule has 0 aliphatic carbocycles. The van der Waals surface area contributed by atoms with Crippen LogP contribution in [0.1, 0.15) is 33.9 Å². The van der Waals surface area contributed by atoms with E-state index in [1.807, 2.05) is 12.1 Å². The van der Waals surface area contributed by atoms with Crippen LogP contribution in [0.5, 0.6) is 5.75 Å². The first-order valence-corrected chi connectivity index (χ1v) is 10.0. The standard InChI is InChI=1S/C24H18ClFN2O3/c25-19-8-4-18(5-9-19)23-13-22(17-6-10-20(26)11-7-17)27-28(23)24(30)15-31-21-3-1-2-16(12-21)14-29/h1-12,14,23H,13,15H2. The Labute approximate surface area is 183 Å². The van der Waals surface area contributed by atoms with Crippen LogP contribution in [0.4, 0.5) is 4.39 Å². The van der Waals surface area contributed by atoms with Crippen LogP contribution < -0.4 is 4.74 Å². The molecule has 4 rings (SSSR count). The van der Waals surface area contributed by atoms with Gasteiger partial charge in [-0.2, -0.15) is 5.10 Å². The zero-order valence-corrected chi connectivity index (χ0v) is 17.1. The van der Waals surface area contributed by atoms with Crippen LogP contribution in [-0.4, -0.2) is 29.5 Å². The van der Waals surface area contributed by atoms with Crippen LogP contribution in [0, 0.1) is 5.82 Å². The molecule has 1 atom stereocenters. The Morgan fingerprint density at radius 3 is 2.58 bits per heavy atom. The predicted octanol–water partition coefficient (Wildman–Crippen LogP) is 5.05. The van der Waals surface area contributed by atoms with Gasteiger partial charge in [0.15, 0.2) is 6.61 Å². The van der Waals surface area contributed by atoms with Gasteiger partial charge in [-0.1, -0.05) is 48.0 Å². The van der Waals surface area contributed by atoms with Gasteiger partial charge in [-0.15, -0.1) is 0 Å². The predicted molar refractivity (Wildman–Crippen MR) is 116 cm³/mol. The minimum Gasteiger partial charge on any atom is -0.484 e. The molecule has 1 aliphatic rings. The van der Waals surface area contributed by atoms with Gasteiger partial charge in [-0.3, -0.25) is 9.59 Å². The van der Waals surface area contributed by atoms with Gasteiger partial charge in [0, 0.05) is 17.0 Å². The van der Waals surface area contributed by atoms with E-state index in [0.29, 0.717) is 34.8 Å². The Hall–Kier alpha value is -3.51. The zero-order valence-electron chi connectivity index (χ0n) is 16.4. The van der Waals surface area contributed by atoms with E-state index >= 15 is 0 Å². The molecule has 0 spiro atoms. The summed E-state index contributed by atoms with van der Waals surface area (Å²) in [6.45, 7) is -0.243. The molecule has 0 saturated carbocycles. The second-order valence-corrected chi connectivity index (χ2v) is 7.48. The average molecular weight is 437 g/mol. The number of carbonyl (C=O) groups is 2. The number of ether oxygens (including phenoxy) is 1. The first-order chi connectivity index (χ1) is 15.0. The van der Waals surface area contributed by atoms with Gasteiger partial charge < -0.3 is 4.74 Å². The summed E-state index contributed by atoms with van der Waals surface area (Å²) >= 11 is 6.01. The molecule has 0 aromatic heterocycles. The van der Waals surface area contributed by atoms with Crippen molar-refractivity contribution in [2.45, 2.75) is 12.5 Å². The Balaban J connectivity index is 1.57. The number of aldehydes is 1. The number of benzene rings is 3. The van der Waals surface area contributed by atoms with E-state index in [1.165, 1.54) is 17.1 Å². The third-order valence-corrected chi connectivity index (χ3v) is 5.21. The molecule has 31 heavy (non-hydrogen) atoms. The van der Waals surface area contributed by atoms with Crippen molar-refractivity contribution < 1.29 is 18.7 Å². The molecule has 1 aliphatic heterocycles. The SMILES string of the molecule is O=Cc1cccc(OCC(=O)N2N=C(c3ccc(F)cc3)CC2c2ccc(Cl)cc2)c1. The van der Waals surface area contributed by atoms with E-state index in [2.05, 4.69) is 5.10 Å². The summed E-state index contributed by atoms with van der Waals surface area (Å²) in [6, 6.07) is 19.5. The molecule has 7 heteroatoms. The first kappa shape index (κ1) is 20.8. The van der Waals surface area contributed by atoms with E-state index in [9.17, 15) is 14.0 Å². The van der Waals surface area contributed by atoms with Crippen LogP contribution in [0.25, 0.3) is 0 Å². The van der Waals surface area contributed by atoms with E-state index in [-0.39, 0.29) is 24.4 Å². The number of halogens is 2. The van der Waals surface area contributed by atoms with Gasteiger partial charge in [-0.05, 0) is 47.5 Å². The quantitative estimate of drug-likeness (QED) is 0.508. The van der Waals surface area contributed by atoms with Crippen LogP contribution in [-0.2, 0) is 4.79 Å². The molecule has 0 radical (unpaired) electrons.